The van der Waals surface area contributed by atoms with E-state index in [9.17, 15) is 4.39 Å². The molecular formula is C18H17FN2. The maximum absolute atomic E-state index is 13.9. The topological polar surface area (TPSA) is 38.9 Å². The third kappa shape index (κ3) is 2.65. The standard InChI is InChI=1S/C18H17FN2/c1-18(20,11-13-5-2-3-8-17(13)19)16-7-4-6-14-12-21-10-9-15(14)16/h2-10,12H,11,20H2,1H3. The lowest BCUT2D eigenvalue weighted by Crippen LogP contribution is -2.36. The van der Waals surface area contributed by atoms with Gasteiger partial charge in [-0.25, -0.2) is 4.39 Å². The van der Waals surface area contributed by atoms with Crippen LogP contribution in [0.1, 0.15) is 18.1 Å². The summed E-state index contributed by atoms with van der Waals surface area (Å²) in [5, 5.41) is 2.11. The molecule has 0 fully saturated rings. The molecule has 3 rings (SSSR count). The van der Waals surface area contributed by atoms with Gasteiger partial charge in [-0.15, -0.1) is 0 Å². The van der Waals surface area contributed by atoms with E-state index in [0.29, 0.717) is 12.0 Å². The Labute approximate surface area is 123 Å². The van der Waals surface area contributed by atoms with Gasteiger partial charge < -0.3 is 5.73 Å². The van der Waals surface area contributed by atoms with Crippen LogP contribution >= 0.6 is 0 Å². The molecule has 0 amide bonds. The average Bonchev–Trinajstić information content (AvgIpc) is 2.49. The van der Waals surface area contributed by atoms with Crippen molar-refractivity contribution in [3.8, 4) is 0 Å². The zero-order valence-corrected chi connectivity index (χ0v) is 11.9. The Morgan fingerprint density at radius 3 is 2.71 bits per heavy atom. The quantitative estimate of drug-likeness (QED) is 0.792. The number of aromatic nitrogens is 1. The number of benzene rings is 2. The molecule has 0 aliphatic rings. The van der Waals surface area contributed by atoms with Crippen molar-refractivity contribution in [1.82, 2.24) is 4.98 Å². The van der Waals surface area contributed by atoms with Crippen LogP contribution in [0.3, 0.4) is 0 Å². The molecule has 0 aliphatic heterocycles. The van der Waals surface area contributed by atoms with Crippen LogP contribution in [0, 0.1) is 5.82 Å². The van der Waals surface area contributed by atoms with E-state index >= 15 is 0 Å². The van der Waals surface area contributed by atoms with E-state index in [0.717, 1.165) is 16.3 Å². The van der Waals surface area contributed by atoms with E-state index in [2.05, 4.69) is 4.98 Å². The molecular weight excluding hydrogens is 263 g/mol. The molecule has 0 radical (unpaired) electrons. The Morgan fingerprint density at radius 2 is 1.90 bits per heavy atom. The van der Waals surface area contributed by atoms with Crippen molar-refractivity contribution in [3.05, 3.63) is 77.9 Å². The Morgan fingerprint density at radius 1 is 1.10 bits per heavy atom. The molecule has 2 aromatic carbocycles. The predicted molar refractivity (Wildman–Crippen MR) is 83.4 cm³/mol. The molecule has 0 aliphatic carbocycles. The molecule has 3 aromatic rings. The first-order valence-electron chi connectivity index (χ1n) is 6.93. The molecule has 21 heavy (non-hydrogen) atoms. The molecule has 0 saturated heterocycles. The number of hydrogen-bond donors (Lipinski definition) is 1. The number of rotatable bonds is 3. The normalized spacial score (nSPS) is 14.0. The predicted octanol–water partition coefficient (Wildman–Crippen LogP) is 3.79. The molecule has 1 heterocycles. The largest absolute Gasteiger partial charge is 0.321 e. The van der Waals surface area contributed by atoms with Gasteiger partial charge in [0.1, 0.15) is 5.82 Å². The summed E-state index contributed by atoms with van der Waals surface area (Å²) in [4.78, 5) is 4.13. The van der Waals surface area contributed by atoms with Gasteiger partial charge in [0.25, 0.3) is 0 Å². The highest BCUT2D eigenvalue weighted by Crippen LogP contribution is 2.29. The van der Waals surface area contributed by atoms with Crippen LogP contribution in [-0.2, 0) is 12.0 Å². The third-order valence-electron chi connectivity index (χ3n) is 3.81. The monoisotopic (exact) mass is 280 g/mol. The van der Waals surface area contributed by atoms with Gasteiger partial charge in [0, 0.05) is 23.3 Å². The minimum Gasteiger partial charge on any atom is -0.321 e. The Bertz CT molecular complexity index is 776. The van der Waals surface area contributed by atoms with E-state index in [1.807, 2.05) is 43.5 Å². The van der Waals surface area contributed by atoms with E-state index in [1.54, 1.807) is 18.3 Å². The number of nitrogens with two attached hydrogens (primary N) is 1. The van der Waals surface area contributed by atoms with Gasteiger partial charge >= 0.3 is 0 Å². The van der Waals surface area contributed by atoms with Gasteiger partial charge in [0.15, 0.2) is 0 Å². The second-order valence-electron chi connectivity index (χ2n) is 5.59. The first-order valence-corrected chi connectivity index (χ1v) is 6.93. The molecule has 0 spiro atoms. The van der Waals surface area contributed by atoms with Gasteiger partial charge in [-0.2, -0.15) is 0 Å². The number of pyridine rings is 1. The number of fused-ring (bicyclic) bond motifs is 1. The van der Waals surface area contributed by atoms with Crippen LogP contribution in [-0.4, -0.2) is 4.98 Å². The van der Waals surface area contributed by atoms with Crippen molar-refractivity contribution in [1.29, 1.82) is 0 Å². The minimum atomic E-state index is -0.650. The first-order chi connectivity index (χ1) is 10.1. The van der Waals surface area contributed by atoms with Crippen molar-refractivity contribution in [2.45, 2.75) is 18.9 Å². The number of hydrogen-bond acceptors (Lipinski definition) is 2. The summed E-state index contributed by atoms with van der Waals surface area (Å²) < 4.78 is 13.9. The van der Waals surface area contributed by atoms with Gasteiger partial charge in [0.2, 0.25) is 0 Å². The lowest BCUT2D eigenvalue weighted by molar-refractivity contribution is 0.479. The Hall–Kier alpha value is -2.26. The van der Waals surface area contributed by atoms with Gasteiger partial charge in [-0.1, -0.05) is 36.4 Å². The van der Waals surface area contributed by atoms with Gasteiger partial charge in [-0.05, 0) is 42.0 Å². The molecule has 106 valence electrons. The summed E-state index contributed by atoms with van der Waals surface area (Å²) in [7, 11) is 0. The second kappa shape index (κ2) is 5.26. The van der Waals surface area contributed by atoms with Crippen LogP contribution in [0.4, 0.5) is 4.39 Å². The Balaban J connectivity index is 2.06. The number of nitrogens with zero attached hydrogens (tertiary/aromatic N) is 1. The highest BCUT2D eigenvalue weighted by molar-refractivity contribution is 5.85. The highest BCUT2D eigenvalue weighted by atomic mass is 19.1. The fraction of sp³-hybridized carbons (Fsp3) is 0.167. The van der Waals surface area contributed by atoms with E-state index in [1.165, 1.54) is 6.07 Å². The van der Waals surface area contributed by atoms with Crippen molar-refractivity contribution in [2.75, 3.05) is 0 Å². The van der Waals surface area contributed by atoms with Crippen LogP contribution < -0.4 is 5.73 Å². The minimum absolute atomic E-state index is 0.212. The zero-order valence-electron chi connectivity index (χ0n) is 11.9. The smallest absolute Gasteiger partial charge is 0.126 e. The summed E-state index contributed by atoms with van der Waals surface area (Å²) >= 11 is 0. The fourth-order valence-corrected chi connectivity index (χ4v) is 2.75. The van der Waals surface area contributed by atoms with Crippen LogP contribution in [0.15, 0.2) is 60.9 Å². The van der Waals surface area contributed by atoms with Crippen LogP contribution in [0.25, 0.3) is 10.8 Å². The second-order valence-corrected chi connectivity index (χ2v) is 5.59. The fourth-order valence-electron chi connectivity index (χ4n) is 2.75. The molecule has 1 aromatic heterocycles. The van der Waals surface area contributed by atoms with Crippen molar-refractivity contribution in [3.63, 3.8) is 0 Å². The Kier molecular flexibility index (Phi) is 3.43. The van der Waals surface area contributed by atoms with Gasteiger partial charge in [-0.3, -0.25) is 4.98 Å². The maximum Gasteiger partial charge on any atom is 0.126 e. The molecule has 3 heteroatoms. The third-order valence-corrected chi connectivity index (χ3v) is 3.81. The van der Waals surface area contributed by atoms with Crippen molar-refractivity contribution in [2.24, 2.45) is 5.73 Å². The SMILES string of the molecule is CC(N)(Cc1ccccc1F)c1cccc2cnccc12. The first kappa shape index (κ1) is 13.7. The molecule has 0 saturated carbocycles. The lowest BCUT2D eigenvalue weighted by atomic mass is 9.84. The molecule has 2 N–H and O–H groups in total. The molecule has 0 bridgehead atoms. The summed E-state index contributed by atoms with van der Waals surface area (Å²) in [6.07, 6.45) is 4.02. The molecule has 1 unspecified atom stereocenters. The summed E-state index contributed by atoms with van der Waals surface area (Å²) in [6.45, 7) is 1.94. The van der Waals surface area contributed by atoms with Gasteiger partial charge in [0.05, 0.1) is 0 Å². The number of halogens is 1. The highest BCUT2D eigenvalue weighted by Gasteiger charge is 2.25. The summed E-state index contributed by atoms with van der Waals surface area (Å²) in [6, 6.07) is 14.7. The lowest BCUT2D eigenvalue weighted by Gasteiger charge is -2.27. The van der Waals surface area contributed by atoms with E-state index in [4.69, 9.17) is 5.73 Å². The summed E-state index contributed by atoms with van der Waals surface area (Å²) in [5.74, 6) is -0.212. The van der Waals surface area contributed by atoms with Crippen molar-refractivity contribution < 1.29 is 4.39 Å². The van der Waals surface area contributed by atoms with Crippen LogP contribution in [0.5, 0.6) is 0 Å². The molecule has 1 atom stereocenters. The molecule has 2 nitrogen and oxygen atoms in total. The van der Waals surface area contributed by atoms with E-state index < -0.39 is 5.54 Å². The van der Waals surface area contributed by atoms with Crippen LogP contribution in [0.2, 0.25) is 0 Å². The average molecular weight is 280 g/mol. The zero-order chi connectivity index (χ0) is 14.9. The van der Waals surface area contributed by atoms with E-state index in [-0.39, 0.29) is 5.82 Å². The van der Waals surface area contributed by atoms with Crippen molar-refractivity contribution >= 4 is 10.8 Å². The summed E-state index contributed by atoms with van der Waals surface area (Å²) in [5.41, 5.74) is 7.51. The maximum atomic E-state index is 13.9.